The Kier molecular flexibility index (Phi) is 6.25. The molecule has 1 aliphatic rings. The third-order valence-electron chi connectivity index (χ3n) is 4.15. The SMILES string of the molecule is COc1ccccc1NC(=O)COC(=O)[C@@H]1CS[C@@H](c2ccco2)N1C(C)=O. The van der Waals surface area contributed by atoms with Gasteiger partial charge in [-0.05, 0) is 24.3 Å². The fourth-order valence-electron chi connectivity index (χ4n) is 2.89. The maximum atomic E-state index is 12.5. The van der Waals surface area contributed by atoms with E-state index < -0.39 is 29.9 Å². The van der Waals surface area contributed by atoms with Crippen LogP contribution in [0, 0.1) is 0 Å². The number of nitrogens with zero attached hydrogens (tertiary/aromatic N) is 1. The van der Waals surface area contributed by atoms with E-state index in [0.29, 0.717) is 22.9 Å². The van der Waals surface area contributed by atoms with Crippen LogP contribution in [0.3, 0.4) is 0 Å². The molecule has 0 unspecified atom stereocenters. The van der Waals surface area contributed by atoms with E-state index in [2.05, 4.69) is 5.32 Å². The first kappa shape index (κ1) is 19.8. The van der Waals surface area contributed by atoms with Gasteiger partial charge in [0, 0.05) is 12.7 Å². The van der Waals surface area contributed by atoms with E-state index >= 15 is 0 Å². The average Bonchev–Trinajstić information content (AvgIpc) is 3.35. The Balaban J connectivity index is 1.59. The van der Waals surface area contributed by atoms with Gasteiger partial charge in [0.25, 0.3) is 5.91 Å². The van der Waals surface area contributed by atoms with Gasteiger partial charge in [0.15, 0.2) is 6.61 Å². The highest BCUT2D eigenvalue weighted by atomic mass is 32.2. The van der Waals surface area contributed by atoms with Crippen LogP contribution in [0.1, 0.15) is 18.1 Å². The fourth-order valence-corrected chi connectivity index (χ4v) is 4.31. The molecule has 28 heavy (non-hydrogen) atoms. The molecule has 0 radical (unpaired) electrons. The van der Waals surface area contributed by atoms with Gasteiger partial charge in [-0.25, -0.2) is 4.79 Å². The zero-order chi connectivity index (χ0) is 20.1. The normalized spacial score (nSPS) is 18.6. The Bertz CT molecular complexity index is 854. The summed E-state index contributed by atoms with van der Waals surface area (Å²) in [4.78, 5) is 38.1. The zero-order valence-corrected chi connectivity index (χ0v) is 16.2. The molecular formula is C19H20N2O6S. The van der Waals surface area contributed by atoms with Gasteiger partial charge in [0.1, 0.15) is 22.9 Å². The highest BCUT2D eigenvalue weighted by Crippen LogP contribution is 2.41. The molecule has 1 saturated heterocycles. The Morgan fingerprint density at radius 1 is 1.25 bits per heavy atom. The van der Waals surface area contributed by atoms with Crippen molar-refractivity contribution >= 4 is 35.2 Å². The summed E-state index contributed by atoms with van der Waals surface area (Å²) in [5.74, 6) is 0.0415. The minimum absolute atomic E-state index is 0.271. The molecule has 1 fully saturated rings. The molecule has 2 heterocycles. The molecule has 1 aromatic heterocycles. The predicted octanol–water partition coefficient (Wildman–Crippen LogP) is 2.43. The summed E-state index contributed by atoms with van der Waals surface area (Å²) in [5.41, 5.74) is 0.478. The lowest BCUT2D eigenvalue weighted by molar-refractivity contribution is -0.155. The van der Waals surface area contributed by atoms with Gasteiger partial charge in [0.2, 0.25) is 5.91 Å². The van der Waals surface area contributed by atoms with Crippen LogP contribution >= 0.6 is 11.8 Å². The second-order valence-corrected chi connectivity index (χ2v) is 7.11. The summed E-state index contributed by atoms with van der Waals surface area (Å²) in [6, 6.07) is 9.60. The minimum Gasteiger partial charge on any atom is -0.495 e. The van der Waals surface area contributed by atoms with Crippen molar-refractivity contribution in [2.45, 2.75) is 18.3 Å². The summed E-state index contributed by atoms with van der Waals surface area (Å²) in [5, 5.41) is 2.23. The number of ether oxygens (including phenoxy) is 2. The number of hydrogen-bond donors (Lipinski definition) is 1. The number of methoxy groups -OCH3 is 1. The summed E-state index contributed by atoms with van der Waals surface area (Å²) in [7, 11) is 1.49. The molecule has 0 saturated carbocycles. The monoisotopic (exact) mass is 404 g/mol. The molecule has 0 spiro atoms. The van der Waals surface area contributed by atoms with Crippen molar-refractivity contribution < 1.29 is 28.3 Å². The Morgan fingerprint density at radius 3 is 2.71 bits per heavy atom. The number of para-hydroxylation sites is 2. The van der Waals surface area contributed by atoms with Gasteiger partial charge in [-0.2, -0.15) is 0 Å². The van der Waals surface area contributed by atoms with E-state index in [-0.39, 0.29) is 5.91 Å². The Morgan fingerprint density at radius 2 is 2.04 bits per heavy atom. The molecule has 1 N–H and O–H groups in total. The number of carbonyl (C=O) groups excluding carboxylic acids is 3. The quantitative estimate of drug-likeness (QED) is 0.739. The van der Waals surface area contributed by atoms with E-state index in [1.807, 2.05) is 0 Å². The minimum atomic E-state index is -0.781. The van der Waals surface area contributed by atoms with E-state index in [4.69, 9.17) is 13.9 Å². The van der Waals surface area contributed by atoms with Crippen molar-refractivity contribution in [3.05, 3.63) is 48.4 Å². The number of esters is 1. The number of thioether (sulfide) groups is 1. The zero-order valence-electron chi connectivity index (χ0n) is 15.4. The first-order chi connectivity index (χ1) is 13.5. The summed E-state index contributed by atoms with van der Waals surface area (Å²) >= 11 is 1.41. The molecule has 2 atom stereocenters. The molecule has 8 nitrogen and oxygen atoms in total. The second-order valence-electron chi connectivity index (χ2n) is 6.00. The van der Waals surface area contributed by atoms with Gasteiger partial charge >= 0.3 is 5.97 Å². The fraction of sp³-hybridized carbons (Fsp3) is 0.316. The molecule has 1 aliphatic heterocycles. The molecule has 1 aromatic carbocycles. The first-order valence-electron chi connectivity index (χ1n) is 8.54. The summed E-state index contributed by atoms with van der Waals surface area (Å²) in [6.45, 7) is 0.922. The van der Waals surface area contributed by atoms with Crippen LogP contribution in [0.4, 0.5) is 5.69 Å². The van der Waals surface area contributed by atoms with Crippen LogP contribution in [0.15, 0.2) is 47.1 Å². The van der Waals surface area contributed by atoms with Crippen LogP contribution < -0.4 is 10.1 Å². The van der Waals surface area contributed by atoms with Crippen LogP contribution in [0.5, 0.6) is 5.75 Å². The van der Waals surface area contributed by atoms with Crippen molar-refractivity contribution in [1.29, 1.82) is 0 Å². The smallest absolute Gasteiger partial charge is 0.330 e. The lowest BCUT2D eigenvalue weighted by Crippen LogP contribution is -2.43. The second kappa shape index (κ2) is 8.83. The van der Waals surface area contributed by atoms with Gasteiger partial charge in [-0.3, -0.25) is 9.59 Å². The number of rotatable bonds is 6. The molecule has 0 bridgehead atoms. The van der Waals surface area contributed by atoms with Gasteiger partial charge in [-0.1, -0.05) is 12.1 Å². The molecule has 2 amide bonds. The van der Waals surface area contributed by atoms with E-state index in [9.17, 15) is 14.4 Å². The summed E-state index contributed by atoms with van der Waals surface area (Å²) < 4.78 is 15.7. The number of hydrogen-bond acceptors (Lipinski definition) is 7. The Labute approximate surface area is 166 Å². The molecule has 9 heteroatoms. The van der Waals surface area contributed by atoms with E-state index in [1.54, 1.807) is 36.4 Å². The topological polar surface area (TPSA) is 98.1 Å². The van der Waals surface area contributed by atoms with Crippen LogP contribution in [0.25, 0.3) is 0 Å². The van der Waals surface area contributed by atoms with Crippen molar-refractivity contribution in [3.8, 4) is 5.75 Å². The van der Waals surface area contributed by atoms with E-state index in [0.717, 1.165) is 0 Å². The maximum absolute atomic E-state index is 12.5. The van der Waals surface area contributed by atoms with Gasteiger partial charge < -0.3 is 24.1 Å². The number of amides is 2. The van der Waals surface area contributed by atoms with Crippen molar-refractivity contribution in [2.75, 3.05) is 24.8 Å². The molecule has 2 aromatic rings. The number of nitrogens with one attached hydrogen (secondary N) is 1. The third kappa shape index (κ3) is 4.30. The number of carbonyl (C=O) groups is 3. The number of furan rings is 1. The lowest BCUT2D eigenvalue weighted by Gasteiger charge is -2.25. The van der Waals surface area contributed by atoms with Gasteiger partial charge in [-0.15, -0.1) is 11.8 Å². The predicted molar refractivity (Wildman–Crippen MR) is 103 cm³/mol. The van der Waals surface area contributed by atoms with Crippen LogP contribution in [0.2, 0.25) is 0 Å². The first-order valence-corrected chi connectivity index (χ1v) is 9.59. The summed E-state index contributed by atoms with van der Waals surface area (Å²) in [6.07, 6.45) is 1.52. The molecule has 148 valence electrons. The average molecular weight is 404 g/mol. The number of benzene rings is 1. The standard InChI is InChI=1S/C19H20N2O6S/c1-12(22)21-14(11-28-18(21)16-8-5-9-26-16)19(24)27-10-17(23)20-13-6-3-4-7-15(13)25-2/h3-9,14,18H,10-11H2,1-2H3,(H,20,23)/t14-,18-/m0/s1. The highest BCUT2D eigenvalue weighted by Gasteiger charge is 2.43. The maximum Gasteiger partial charge on any atom is 0.330 e. The van der Waals surface area contributed by atoms with E-state index in [1.165, 1.54) is 37.0 Å². The van der Waals surface area contributed by atoms with Gasteiger partial charge in [0.05, 0.1) is 19.1 Å². The molecular weight excluding hydrogens is 384 g/mol. The third-order valence-corrected chi connectivity index (χ3v) is 5.43. The highest BCUT2D eigenvalue weighted by molar-refractivity contribution is 7.99. The largest absolute Gasteiger partial charge is 0.495 e. The van der Waals surface area contributed by atoms with Crippen LogP contribution in [-0.4, -0.2) is 48.2 Å². The molecule has 0 aliphatic carbocycles. The lowest BCUT2D eigenvalue weighted by atomic mass is 10.2. The molecule has 3 rings (SSSR count). The Hall–Kier alpha value is -2.94. The van der Waals surface area contributed by atoms with Crippen molar-refractivity contribution in [3.63, 3.8) is 0 Å². The van der Waals surface area contributed by atoms with Crippen molar-refractivity contribution in [2.24, 2.45) is 0 Å². The van der Waals surface area contributed by atoms with Crippen molar-refractivity contribution in [1.82, 2.24) is 4.90 Å². The van der Waals surface area contributed by atoms with Crippen LogP contribution in [-0.2, 0) is 19.1 Å². The number of anilines is 1.